The van der Waals surface area contributed by atoms with Crippen LogP contribution in [0.5, 0.6) is 0 Å². The Labute approximate surface area is 95.6 Å². The van der Waals surface area contributed by atoms with E-state index in [9.17, 15) is 4.79 Å². The molecule has 1 heterocycles. The second kappa shape index (κ2) is 4.55. The number of hydrogen-bond donors (Lipinski definition) is 0. The Bertz CT molecular complexity index is 313. The van der Waals surface area contributed by atoms with Gasteiger partial charge in [0.1, 0.15) is 0 Å². The lowest BCUT2D eigenvalue weighted by Gasteiger charge is -2.33. The first-order valence-electron chi connectivity index (χ1n) is 5.85. The number of carbonyl (C=O) groups is 1. The molecule has 0 amide bonds. The van der Waals surface area contributed by atoms with Crippen molar-refractivity contribution in [1.29, 1.82) is 0 Å². The van der Waals surface area contributed by atoms with Gasteiger partial charge in [0.05, 0.1) is 25.4 Å². The Hall–Kier alpha value is -0.870. The lowest BCUT2D eigenvalue weighted by Crippen LogP contribution is -2.40. The Morgan fingerprint density at radius 2 is 2.12 bits per heavy atom. The maximum absolute atomic E-state index is 11.9. The van der Waals surface area contributed by atoms with Crippen molar-refractivity contribution in [3.05, 3.63) is 11.1 Å². The van der Waals surface area contributed by atoms with Crippen molar-refractivity contribution in [3.63, 3.8) is 0 Å². The van der Waals surface area contributed by atoms with E-state index in [2.05, 4.69) is 0 Å². The van der Waals surface area contributed by atoms with Gasteiger partial charge in [-0.2, -0.15) is 0 Å². The number of carbonyl (C=O) groups excluding carboxylic acids is 1. The highest BCUT2D eigenvalue weighted by Gasteiger charge is 2.46. The van der Waals surface area contributed by atoms with Crippen LogP contribution in [0.4, 0.5) is 0 Å². The summed E-state index contributed by atoms with van der Waals surface area (Å²) in [6.45, 7) is 5.25. The van der Waals surface area contributed by atoms with Crippen molar-refractivity contribution >= 4 is 5.97 Å². The van der Waals surface area contributed by atoms with Crippen molar-refractivity contribution in [2.24, 2.45) is 0 Å². The van der Waals surface area contributed by atoms with Gasteiger partial charge in [-0.05, 0) is 26.7 Å². The van der Waals surface area contributed by atoms with E-state index in [1.807, 2.05) is 6.92 Å². The van der Waals surface area contributed by atoms with Gasteiger partial charge in [0, 0.05) is 6.42 Å². The minimum absolute atomic E-state index is 0.290. The molecule has 1 fully saturated rings. The molecule has 0 unspecified atom stereocenters. The van der Waals surface area contributed by atoms with E-state index in [4.69, 9.17) is 14.2 Å². The minimum atomic E-state index is -0.811. The van der Waals surface area contributed by atoms with Gasteiger partial charge in [0.2, 0.25) is 5.79 Å². The topological polar surface area (TPSA) is 44.8 Å². The highest BCUT2D eigenvalue weighted by atomic mass is 16.7. The summed E-state index contributed by atoms with van der Waals surface area (Å²) in [5.74, 6) is -1.10. The third-order valence-electron chi connectivity index (χ3n) is 3.10. The maximum Gasteiger partial charge on any atom is 0.339 e. The van der Waals surface area contributed by atoms with Gasteiger partial charge in [0.25, 0.3) is 0 Å². The van der Waals surface area contributed by atoms with Crippen molar-refractivity contribution in [2.75, 3.05) is 19.8 Å². The fourth-order valence-corrected chi connectivity index (χ4v) is 2.44. The first kappa shape index (κ1) is 11.6. The van der Waals surface area contributed by atoms with Gasteiger partial charge in [-0.1, -0.05) is 5.57 Å². The predicted molar refractivity (Wildman–Crippen MR) is 57.8 cm³/mol. The number of ether oxygens (including phenoxy) is 3. The Balaban J connectivity index is 2.30. The quantitative estimate of drug-likeness (QED) is 0.673. The monoisotopic (exact) mass is 226 g/mol. The van der Waals surface area contributed by atoms with Crippen molar-refractivity contribution in [3.8, 4) is 0 Å². The van der Waals surface area contributed by atoms with Gasteiger partial charge in [-0.3, -0.25) is 0 Å². The lowest BCUT2D eigenvalue weighted by atomic mass is 9.87. The van der Waals surface area contributed by atoms with E-state index in [0.717, 1.165) is 24.8 Å². The molecule has 1 aliphatic heterocycles. The van der Waals surface area contributed by atoms with E-state index >= 15 is 0 Å². The molecule has 2 aliphatic rings. The van der Waals surface area contributed by atoms with E-state index in [1.54, 1.807) is 6.92 Å². The van der Waals surface area contributed by atoms with Crippen LogP contribution in [0.2, 0.25) is 0 Å². The SMILES string of the molecule is CCOC(=O)C1=C(C)CCCC12OCCO2. The van der Waals surface area contributed by atoms with Gasteiger partial charge >= 0.3 is 5.97 Å². The molecule has 2 rings (SSSR count). The molecular weight excluding hydrogens is 208 g/mol. The zero-order chi connectivity index (χ0) is 11.6. The summed E-state index contributed by atoms with van der Waals surface area (Å²) >= 11 is 0. The molecule has 0 radical (unpaired) electrons. The van der Waals surface area contributed by atoms with Crippen molar-refractivity contribution in [2.45, 2.75) is 38.9 Å². The Kier molecular flexibility index (Phi) is 3.30. The largest absolute Gasteiger partial charge is 0.462 e. The highest BCUT2D eigenvalue weighted by Crippen LogP contribution is 2.40. The lowest BCUT2D eigenvalue weighted by molar-refractivity contribution is -0.161. The standard InChI is InChI=1S/C12H18O4/c1-3-14-11(13)10-9(2)5-4-6-12(10)15-7-8-16-12/h3-8H2,1-2H3. The van der Waals surface area contributed by atoms with Gasteiger partial charge in [-0.15, -0.1) is 0 Å². The summed E-state index contributed by atoms with van der Waals surface area (Å²) < 4.78 is 16.4. The van der Waals surface area contributed by atoms with Gasteiger partial charge in [-0.25, -0.2) is 4.79 Å². The zero-order valence-corrected chi connectivity index (χ0v) is 9.88. The highest BCUT2D eigenvalue weighted by molar-refractivity contribution is 5.91. The van der Waals surface area contributed by atoms with Crippen LogP contribution in [-0.4, -0.2) is 31.6 Å². The van der Waals surface area contributed by atoms with Crippen LogP contribution in [0, 0.1) is 0 Å². The smallest absolute Gasteiger partial charge is 0.339 e. The third-order valence-corrected chi connectivity index (χ3v) is 3.10. The molecule has 0 aromatic heterocycles. The van der Waals surface area contributed by atoms with E-state index in [-0.39, 0.29) is 5.97 Å². The van der Waals surface area contributed by atoms with Crippen LogP contribution in [0.3, 0.4) is 0 Å². The molecule has 0 bridgehead atoms. The fraction of sp³-hybridized carbons (Fsp3) is 0.750. The summed E-state index contributed by atoms with van der Waals surface area (Å²) in [7, 11) is 0. The number of allylic oxidation sites excluding steroid dienone is 1. The summed E-state index contributed by atoms with van der Waals surface area (Å²) in [5, 5.41) is 0. The predicted octanol–water partition coefficient (Wildman–Crippen LogP) is 1.79. The van der Waals surface area contributed by atoms with Crippen LogP contribution in [0.1, 0.15) is 33.1 Å². The molecule has 90 valence electrons. The van der Waals surface area contributed by atoms with Gasteiger partial charge < -0.3 is 14.2 Å². The van der Waals surface area contributed by atoms with Crippen LogP contribution >= 0.6 is 0 Å². The molecule has 16 heavy (non-hydrogen) atoms. The number of esters is 1. The molecule has 4 heteroatoms. The molecule has 0 aromatic carbocycles. The fourth-order valence-electron chi connectivity index (χ4n) is 2.44. The molecule has 1 aliphatic carbocycles. The third kappa shape index (κ3) is 1.87. The van der Waals surface area contributed by atoms with E-state index < -0.39 is 5.79 Å². The first-order chi connectivity index (χ1) is 7.69. The van der Waals surface area contributed by atoms with Crippen molar-refractivity contribution < 1.29 is 19.0 Å². The summed E-state index contributed by atoms with van der Waals surface area (Å²) in [4.78, 5) is 11.9. The molecule has 1 spiro atoms. The number of hydrogen-bond acceptors (Lipinski definition) is 4. The molecule has 1 saturated heterocycles. The number of rotatable bonds is 2. The molecular formula is C12H18O4. The van der Waals surface area contributed by atoms with Crippen molar-refractivity contribution in [1.82, 2.24) is 0 Å². The van der Waals surface area contributed by atoms with Gasteiger partial charge in [0.15, 0.2) is 0 Å². The van der Waals surface area contributed by atoms with Crippen LogP contribution in [0.25, 0.3) is 0 Å². The second-order valence-electron chi connectivity index (χ2n) is 4.18. The Morgan fingerprint density at radius 3 is 2.75 bits per heavy atom. The second-order valence-corrected chi connectivity index (χ2v) is 4.18. The molecule has 4 nitrogen and oxygen atoms in total. The van der Waals surface area contributed by atoms with Crippen LogP contribution < -0.4 is 0 Å². The van der Waals surface area contributed by atoms with Crippen LogP contribution in [0.15, 0.2) is 11.1 Å². The molecule has 0 atom stereocenters. The summed E-state index contributed by atoms with van der Waals surface area (Å²) in [6.07, 6.45) is 2.66. The average molecular weight is 226 g/mol. The zero-order valence-electron chi connectivity index (χ0n) is 9.88. The minimum Gasteiger partial charge on any atom is -0.462 e. The van der Waals surface area contributed by atoms with Crippen LogP contribution in [-0.2, 0) is 19.0 Å². The first-order valence-corrected chi connectivity index (χ1v) is 5.85. The van der Waals surface area contributed by atoms with E-state index in [1.165, 1.54) is 0 Å². The normalized spacial score (nSPS) is 23.9. The maximum atomic E-state index is 11.9. The molecule has 0 aromatic rings. The molecule has 0 N–H and O–H groups in total. The summed E-state index contributed by atoms with van der Waals surface area (Å²) in [6, 6.07) is 0. The Morgan fingerprint density at radius 1 is 1.44 bits per heavy atom. The summed E-state index contributed by atoms with van der Waals surface area (Å²) in [5.41, 5.74) is 1.63. The molecule has 0 saturated carbocycles. The van der Waals surface area contributed by atoms with E-state index in [0.29, 0.717) is 25.4 Å². The average Bonchev–Trinajstić information content (AvgIpc) is 2.67.